The highest BCUT2D eigenvalue weighted by molar-refractivity contribution is 5.88. The number of hydrogen-bond donors (Lipinski definition) is 3. The van der Waals surface area contributed by atoms with Gasteiger partial charge in [-0.2, -0.15) is 13.2 Å². The van der Waals surface area contributed by atoms with Crippen molar-refractivity contribution in [3.05, 3.63) is 35.4 Å². The van der Waals surface area contributed by atoms with E-state index in [1.165, 1.54) is 18.2 Å². The molecule has 132 valence electrons. The molecule has 0 bridgehead atoms. The molecule has 5 nitrogen and oxygen atoms in total. The van der Waals surface area contributed by atoms with Crippen LogP contribution in [-0.2, 0) is 4.79 Å². The van der Waals surface area contributed by atoms with Crippen LogP contribution < -0.4 is 16.0 Å². The van der Waals surface area contributed by atoms with Crippen LogP contribution >= 0.6 is 0 Å². The van der Waals surface area contributed by atoms with E-state index in [9.17, 15) is 22.8 Å². The first-order valence-electron chi connectivity index (χ1n) is 7.66. The number of nitrogens with one attached hydrogen (secondary N) is 3. The number of rotatable bonds is 3. The molecular formula is C16H20F3N3O2. The lowest BCUT2D eigenvalue weighted by atomic mass is 9.94. The van der Waals surface area contributed by atoms with Gasteiger partial charge in [-0.05, 0) is 24.8 Å². The number of benzene rings is 1. The van der Waals surface area contributed by atoms with E-state index < -0.39 is 24.3 Å². The smallest absolute Gasteiger partial charge is 0.354 e. The minimum atomic E-state index is -4.65. The molecule has 0 aromatic heterocycles. The lowest BCUT2D eigenvalue weighted by Gasteiger charge is -2.30. The molecule has 1 aliphatic heterocycles. The molecule has 1 heterocycles. The fourth-order valence-corrected chi connectivity index (χ4v) is 2.68. The fourth-order valence-electron chi connectivity index (χ4n) is 2.68. The average Bonchev–Trinajstić information content (AvgIpc) is 2.47. The number of amides is 3. The van der Waals surface area contributed by atoms with E-state index >= 15 is 0 Å². The van der Waals surface area contributed by atoms with Crippen LogP contribution in [-0.4, -0.2) is 30.7 Å². The van der Waals surface area contributed by atoms with Crippen LogP contribution in [0, 0.1) is 12.8 Å². The van der Waals surface area contributed by atoms with Gasteiger partial charge in [0, 0.05) is 6.54 Å². The summed E-state index contributed by atoms with van der Waals surface area (Å²) in [5, 5.41) is 6.86. The van der Waals surface area contributed by atoms with Crippen molar-refractivity contribution in [3.8, 4) is 0 Å². The molecule has 2 rings (SSSR count). The van der Waals surface area contributed by atoms with Gasteiger partial charge in [0.05, 0.1) is 0 Å². The van der Waals surface area contributed by atoms with E-state index in [1.54, 1.807) is 19.9 Å². The number of piperidine rings is 1. The Balaban J connectivity index is 2.12. The van der Waals surface area contributed by atoms with E-state index in [2.05, 4.69) is 10.6 Å². The van der Waals surface area contributed by atoms with Gasteiger partial charge in [0.25, 0.3) is 0 Å². The molecule has 24 heavy (non-hydrogen) atoms. The fraction of sp³-hybridized carbons (Fsp3) is 0.500. The van der Waals surface area contributed by atoms with Gasteiger partial charge in [0.15, 0.2) is 6.04 Å². The second-order valence-electron chi connectivity index (χ2n) is 6.04. The number of halogens is 3. The van der Waals surface area contributed by atoms with Crippen molar-refractivity contribution in [3.63, 3.8) is 0 Å². The summed E-state index contributed by atoms with van der Waals surface area (Å²) in [6, 6.07) is 1.85. The summed E-state index contributed by atoms with van der Waals surface area (Å²) >= 11 is 0. The Morgan fingerprint density at radius 2 is 2.08 bits per heavy atom. The zero-order valence-corrected chi connectivity index (χ0v) is 13.4. The van der Waals surface area contributed by atoms with Crippen molar-refractivity contribution in [2.24, 2.45) is 5.92 Å². The number of hydrogen-bond acceptors (Lipinski definition) is 2. The summed E-state index contributed by atoms with van der Waals surface area (Å²) in [5.74, 6) is -0.532. The van der Waals surface area contributed by atoms with Crippen LogP contribution in [0.4, 0.5) is 18.0 Å². The normalized spacial score (nSPS) is 22.5. The topological polar surface area (TPSA) is 70.2 Å². The quantitative estimate of drug-likeness (QED) is 0.789. The van der Waals surface area contributed by atoms with E-state index in [-0.39, 0.29) is 17.4 Å². The maximum absolute atomic E-state index is 13.3. The summed E-state index contributed by atoms with van der Waals surface area (Å²) in [4.78, 5) is 23.8. The van der Waals surface area contributed by atoms with Crippen LogP contribution in [0.1, 0.15) is 30.5 Å². The highest BCUT2D eigenvalue weighted by atomic mass is 19.4. The second-order valence-corrected chi connectivity index (χ2v) is 6.04. The molecule has 3 atom stereocenters. The van der Waals surface area contributed by atoms with Gasteiger partial charge >= 0.3 is 12.2 Å². The van der Waals surface area contributed by atoms with Crippen LogP contribution in [0.15, 0.2) is 24.3 Å². The van der Waals surface area contributed by atoms with Gasteiger partial charge < -0.3 is 16.0 Å². The average molecular weight is 343 g/mol. The van der Waals surface area contributed by atoms with Crippen molar-refractivity contribution < 1.29 is 22.8 Å². The zero-order chi connectivity index (χ0) is 17.9. The Morgan fingerprint density at radius 1 is 1.38 bits per heavy atom. The van der Waals surface area contributed by atoms with Gasteiger partial charge in [0.1, 0.15) is 6.04 Å². The molecule has 8 heteroatoms. The first-order chi connectivity index (χ1) is 11.2. The van der Waals surface area contributed by atoms with E-state index in [0.29, 0.717) is 18.5 Å². The zero-order valence-electron chi connectivity index (χ0n) is 13.4. The molecule has 1 aromatic carbocycles. The Hall–Kier alpha value is -2.25. The van der Waals surface area contributed by atoms with E-state index in [0.717, 1.165) is 0 Å². The molecule has 1 saturated heterocycles. The standard InChI is InChI=1S/C16H20F3N3O2/c1-9-4-3-5-11(8-9)13(16(17,18)19)22-15(24)21-12-10(2)6-7-20-14(12)23/h3-5,8,10,12-13H,6-7H2,1-2H3,(H,20,23)(H2,21,22,24)/t10-,12-,13-/m0/s1. The largest absolute Gasteiger partial charge is 0.412 e. The number of carbonyl (C=O) groups is 2. The molecule has 3 amide bonds. The third kappa shape index (κ3) is 4.39. The molecule has 3 N–H and O–H groups in total. The number of urea groups is 1. The molecule has 0 aliphatic carbocycles. The predicted octanol–water partition coefficient (Wildman–Crippen LogP) is 2.42. The molecule has 0 saturated carbocycles. The molecule has 0 spiro atoms. The maximum Gasteiger partial charge on any atom is 0.412 e. The Bertz CT molecular complexity index is 619. The first-order valence-corrected chi connectivity index (χ1v) is 7.66. The highest BCUT2D eigenvalue weighted by Gasteiger charge is 2.42. The monoisotopic (exact) mass is 343 g/mol. The summed E-state index contributed by atoms with van der Waals surface area (Å²) < 4.78 is 39.9. The SMILES string of the molecule is Cc1cccc([C@H](NC(=O)N[C@@H]2C(=O)NCC[C@@H]2C)C(F)(F)F)c1. The van der Waals surface area contributed by atoms with Crippen LogP contribution in [0.2, 0.25) is 0 Å². The number of carbonyl (C=O) groups excluding carboxylic acids is 2. The Morgan fingerprint density at radius 3 is 2.67 bits per heavy atom. The Labute approximate surface area is 138 Å². The van der Waals surface area contributed by atoms with Gasteiger partial charge in [-0.25, -0.2) is 4.79 Å². The third-order valence-corrected chi connectivity index (χ3v) is 4.02. The summed E-state index contributed by atoms with van der Waals surface area (Å²) in [7, 11) is 0. The Kier molecular flexibility index (Phi) is 5.36. The molecule has 1 aromatic rings. The lowest BCUT2D eigenvalue weighted by molar-refractivity contribution is -0.155. The van der Waals surface area contributed by atoms with Crippen molar-refractivity contribution in [1.29, 1.82) is 0 Å². The first kappa shape index (κ1) is 18.1. The molecule has 1 aliphatic rings. The minimum absolute atomic E-state index is 0.0567. The van der Waals surface area contributed by atoms with Crippen molar-refractivity contribution in [2.75, 3.05) is 6.54 Å². The van der Waals surface area contributed by atoms with Gasteiger partial charge in [-0.3, -0.25) is 4.79 Å². The van der Waals surface area contributed by atoms with Crippen molar-refractivity contribution in [2.45, 2.75) is 38.5 Å². The van der Waals surface area contributed by atoms with Gasteiger partial charge in [-0.15, -0.1) is 0 Å². The molecule has 1 fully saturated rings. The van der Waals surface area contributed by atoms with Crippen LogP contribution in [0.5, 0.6) is 0 Å². The van der Waals surface area contributed by atoms with E-state index in [1.807, 2.05) is 5.32 Å². The lowest BCUT2D eigenvalue weighted by Crippen LogP contribution is -2.57. The molecule has 0 radical (unpaired) electrons. The highest BCUT2D eigenvalue weighted by Crippen LogP contribution is 2.33. The summed E-state index contributed by atoms with van der Waals surface area (Å²) in [6.45, 7) is 3.94. The van der Waals surface area contributed by atoms with Crippen LogP contribution in [0.3, 0.4) is 0 Å². The number of aryl methyl sites for hydroxylation is 1. The summed E-state index contributed by atoms with van der Waals surface area (Å²) in [5.41, 5.74) is 0.600. The molecular weight excluding hydrogens is 323 g/mol. The summed E-state index contributed by atoms with van der Waals surface area (Å²) in [6.07, 6.45) is -4.00. The van der Waals surface area contributed by atoms with Crippen molar-refractivity contribution in [1.82, 2.24) is 16.0 Å². The number of alkyl halides is 3. The van der Waals surface area contributed by atoms with Gasteiger partial charge in [-0.1, -0.05) is 36.8 Å². The van der Waals surface area contributed by atoms with E-state index in [4.69, 9.17) is 0 Å². The third-order valence-electron chi connectivity index (χ3n) is 4.02. The second kappa shape index (κ2) is 7.11. The van der Waals surface area contributed by atoms with Crippen molar-refractivity contribution >= 4 is 11.9 Å². The molecule has 0 unspecified atom stereocenters. The predicted molar refractivity (Wildman–Crippen MR) is 82.2 cm³/mol. The maximum atomic E-state index is 13.3. The van der Waals surface area contributed by atoms with Gasteiger partial charge in [0.2, 0.25) is 5.91 Å². The van der Waals surface area contributed by atoms with Crippen LogP contribution in [0.25, 0.3) is 0 Å². The minimum Gasteiger partial charge on any atom is -0.354 e.